The predicted octanol–water partition coefficient (Wildman–Crippen LogP) is 19.4. The lowest BCUT2D eigenvalue weighted by molar-refractivity contribution is 0.645. The van der Waals surface area contributed by atoms with E-state index in [4.69, 9.17) is 0 Å². The number of hydrogen-bond acceptors (Lipinski definition) is 4. The Morgan fingerprint density at radius 2 is 0.847 bits per heavy atom. The van der Waals surface area contributed by atoms with Crippen molar-refractivity contribution in [1.82, 2.24) is 0 Å². The Labute approximate surface area is 433 Å². The molecule has 1 aliphatic carbocycles. The Morgan fingerprint density at radius 1 is 0.389 bits per heavy atom. The van der Waals surface area contributed by atoms with Gasteiger partial charge in [-0.2, -0.15) is 0 Å². The van der Waals surface area contributed by atoms with E-state index in [1.165, 1.54) is 134 Å². The van der Waals surface area contributed by atoms with Gasteiger partial charge in [-0.3, -0.25) is 0 Å². The quantitative estimate of drug-likeness (QED) is 0.111. The lowest BCUT2D eigenvalue weighted by atomic mass is 9.67. The van der Waals surface area contributed by atoms with Crippen molar-refractivity contribution in [3.8, 4) is 11.1 Å². The fraction of sp³-hybridized carbons (Fsp3) is 0.152. The topological polar surface area (TPSA) is 6.48 Å². The van der Waals surface area contributed by atoms with Crippen LogP contribution in [0.25, 0.3) is 73.0 Å². The van der Waals surface area contributed by atoms with Crippen molar-refractivity contribution in [3.63, 3.8) is 0 Å². The molecule has 0 unspecified atom stereocenters. The molecule has 0 radical (unpaired) electrons. The van der Waals surface area contributed by atoms with Gasteiger partial charge in [0.25, 0.3) is 0 Å². The zero-order valence-corrected chi connectivity index (χ0v) is 46.2. The molecule has 13 rings (SSSR count). The van der Waals surface area contributed by atoms with Crippen molar-refractivity contribution in [2.45, 2.75) is 65.5 Å². The highest BCUT2D eigenvalue weighted by Crippen LogP contribution is 2.55. The van der Waals surface area contributed by atoms with E-state index in [1.54, 1.807) is 0 Å². The molecule has 1 aliphatic rings. The molecule has 2 aromatic heterocycles. The Kier molecular flexibility index (Phi) is 10.2. The molecule has 0 bridgehead atoms. The van der Waals surface area contributed by atoms with Gasteiger partial charge in [-0.25, -0.2) is 0 Å². The van der Waals surface area contributed by atoms with Crippen LogP contribution in [0.15, 0.2) is 188 Å². The SMILES string of the molecule is Cc1c2c3c(cccc3c3cc(N(c4ccc([Si](C)(C)C)cc4)c4cccc5c4sc4ccccc45)ccc13)C(C)(C)c1cc(N(c3ccc([Si](C)(C)C)cc3)c3cccc4c3sc3ccccc34)ccc1-2. The number of rotatable bonds is 8. The second-order valence-electron chi connectivity index (χ2n) is 22.6. The Bertz CT molecular complexity index is 4170. The third-order valence-corrected chi connectivity index (χ3v) is 22.3. The van der Waals surface area contributed by atoms with E-state index in [9.17, 15) is 0 Å². The molecule has 10 aromatic carbocycles. The van der Waals surface area contributed by atoms with Crippen molar-refractivity contribution in [3.05, 3.63) is 205 Å². The van der Waals surface area contributed by atoms with Crippen molar-refractivity contribution < 1.29 is 0 Å². The molecule has 0 fully saturated rings. The summed E-state index contributed by atoms with van der Waals surface area (Å²) in [7, 11) is -3.03. The van der Waals surface area contributed by atoms with E-state index in [0.717, 1.165) is 0 Å². The first-order valence-corrected chi connectivity index (χ1v) is 34.0. The average molecular weight is 1000 g/mol. The van der Waals surface area contributed by atoms with Gasteiger partial charge in [0.15, 0.2) is 0 Å². The van der Waals surface area contributed by atoms with Gasteiger partial charge in [-0.1, -0.05) is 179 Å². The monoisotopic (exact) mass is 998 g/mol. The first-order valence-electron chi connectivity index (χ1n) is 25.4. The molecule has 0 spiro atoms. The third-order valence-electron chi connectivity index (χ3n) is 15.8. The molecule has 0 amide bonds. The highest BCUT2D eigenvalue weighted by atomic mass is 32.1. The van der Waals surface area contributed by atoms with Gasteiger partial charge in [0.05, 0.1) is 36.9 Å². The maximum atomic E-state index is 2.52. The van der Waals surface area contributed by atoms with Gasteiger partial charge in [0.2, 0.25) is 0 Å². The highest BCUT2D eigenvalue weighted by molar-refractivity contribution is 7.26. The summed E-state index contributed by atoms with van der Waals surface area (Å²) in [5.41, 5.74) is 13.6. The van der Waals surface area contributed by atoms with Gasteiger partial charge < -0.3 is 9.80 Å². The van der Waals surface area contributed by atoms with Crippen LogP contribution < -0.4 is 20.2 Å². The second kappa shape index (κ2) is 16.4. The Morgan fingerprint density at radius 3 is 1.39 bits per heavy atom. The summed E-state index contributed by atoms with van der Waals surface area (Å²) in [5.74, 6) is 0. The minimum atomic E-state index is -1.52. The molecule has 72 heavy (non-hydrogen) atoms. The van der Waals surface area contributed by atoms with E-state index in [2.05, 4.69) is 258 Å². The van der Waals surface area contributed by atoms with Crippen molar-refractivity contribution in [1.29, 1.82) is 0 Å². The lowest BCUT2D eigenvalue weighted by Crippen LogP contribution is -2.37. The number of nitrogens with zero attached hydrogens (tertiary/aromatic N) is 2. The molecule has 2 nitrogen and oxygen atoms in total. The average Bonchev–Trinajstić information content (AvgIpc) is 3.96. The summed E-state index contributed by atoms with van der Waals surface area (Å²) in [6.07, 6.45) is 0. The first kappa shape index (κ1) is 45.1. The zero-order valence-electron chi connectivity index (χ0n) is 42.6. The van der Waals surface area contributed by atoms with Crippen LogP contribution in [-0.4, -0.2) is 16.1 Å². The minimum absolute atomic E-state index is 0.284. The van der Waals surface area contributed by atoms with Gasteiger partial charge in [0, 0.05) is 59.1 Å². The van der Waals surface area contributed by atoms with Crippen LogP contribution in [0.1, 0.15) is 30.5 Å². The van der Waals surface area contributed by atoms with Gasteiger partial charge in [-0.05, 0) is 129 Å². The molecule has 0 N–H and O–H groups in total. The van der Waals surface area contributed by atoms with Gasteiger partial charge >= 0.3 is 0 Å². The van der Waals surface area contributed by atoms with E-state index in [0.29, 0.717) is 0 Å². The molecular formula is C66H58N2S2Si2. The lowest BCUT2D eigenvalue weighted by Gasteiger charge is -2.38. The molecule has 6 heteroatoms. The molecular weight excluding hydrogens is 941 g/mol. The summed E-state index contributed by atoms with van der Waals surface area (Å²) >= 11 is 3.79. The molecule has 352 valence electrons. The van der Waals surface area contributed by atoms with Crippen LogP contribution in [0.4, 0.5) is 34.1 Å². The van der Waals surface area contributed by atoms with Crippen molar-refractivity contribution in [2.75, 3.05) is 9.80 Å². The number of fused-ring (bicyclic) bond motifs is 10. The summed E-state index contributed by atoms with van der Waals surface area (Å²) < 4.78 is 5.25. The van der Waals surface area contributed by atoms with Crippen LogP contribution in [0.3, 0.4) is 0 Å². The van der Waals surface area contributed by atoms with E-state index in [-0.39, 0.29) is 5.41 Å². The standard InChI is InChI=1S/C66H58N2S2Si2/c1-41-48-37-31-44(67(42-27-33-46(34-28-42)71(4,5)6)58-23-15-20-52-49-17-10-12-25-60(49)69-64(52)58)39-55(48)51-19-14-22-56-63(51)62(41)54-38-32-45(40-57(54)66(56,2)3)68(43-29-35-47(36-30-43)72(7,8)9)59-24-16-21-53-50-18-11-13-26-61(50)70-65(53)59/h10-40H,1-9H3. The first-order chi connectivity index (χ1) is 34.6. The van der Waals surface area contributed by atoms with Crippen LogP contribution in [0, 0.1) is 6.92 Å². The molecule has 0 atom stereocenters. The van der Waals surface area contributed by atoms with E-state index < -0.39 is 16.1 Å². The zero-order chi connectivity index (χ0) is 49.4. The van der Waals surface area contributed by atoms with Crippen LogP contribution in [0.2, 0.25) is 39.3 Å². The molecule has 12 aromatic rings. The van der Waals surface area contributed by atoms with Gasteiger partial charge in [0.1, 0.15) is 0 Å². The minimum Gasteiger partial charge on any atom is -0.309 e. The molecule has 0 aliphatic heterocycles. The van der Waals surface area contributed by atoms with Gasteiger partial charge in [-0.15, -0.1) is 22.7 Å². The van der Waals surface area contributed by atoms with Crippen LogP contribution in [0.5, 0.6) is 0 Å². The second-order valence-corrected chi connectivity index (χ2v) is 34.8. The third kappa shape index (κ3) is 6.98. The molecule has 0 saturated carbocycles. The number of anilines is 6. The van der Waals surface area contributed by atoms with Crippen LogP contribution >= 0.6 is 22.7 Å². The van der Waals surface area contributed by atoms with Crippen molar-refractivity contribution in [2.24, 2.45) is 0 Å². The Hall–Kier alpha value is -6.81. The maximum absolute atomic E-state index is 2.52. The number of benzene rings is 10. The summed E-state index contributed by atoms with van der Waals surface area (Å²) in [5, 5.41) is 13.4. The maximum Gasteiger partial charge on any atom is 0.0775 e. The summed E-state index contributed by atoms with van der Waals surface area (Å²) in [6.45, 7) is 21.8. The molecule has 2 heterocycles. The summed E-state index contributed by atoms with van der Waals surface area (Å²) in [6, 6.07) is 72.0. The number of thiophene rings is 2. The van der Waals surface area contributed by atoms with E-state index in [1.807, 2.05) is 22.7 Å². The normalized spacial score (nSPS) is 13.5. The number of aryl methyl sites for hydroxylation is 1. The van der Waals surface area contributed by atoms with Crippen molar-refractivity contribution >= 4 is 145 Å². The van der Waals surface area contributed by atoms with Crippen LogP contribution in [-0.2, 0) is 5.41 Å². The highest BCUT2D eigenvalue weighted by Gasteiger charge is 2.36. The fourth-order valence-electron chi connectivity index (χ4n) is 11.9. The smallest absolute Gasteiger partial charge is 0.0775 e. The Balaban J connectivity index is 1.00. The largest absolute Gasteiger partial charge is 0.309 e. The predicted molar refractivity (Wildman–Crippen MR) is 325 cm³/mol. The van der Waals surface area contributed by atoms with E-state index >= 15 is 0 Å². The summed E-state index contributed by atoms with van der Waals surface area (Å²) in [4.78, 5) is 5.04. The number of hydrogen-bond donors (Lipinski definition) is 0. The fourth-order valence-corrected chi connectivity index (χ4v) is 16.6. The molecule has 0 saturated heterocycles.